The molecule has 6 heteroatoms. The number of alkyl carbamates (subject to hydrolysis) is 1. The van der Waals surface area contributed by atoms with Gasteiger partial charge in [0, 0.05) is 12.2 Å². The maximum Gasteiger partial charge on any atom is 0.407 e. The number of carbonyl (C=O) groups is 2. The van der Waals surface area contributed by atoms with E-state index in [-0.39, 0.29) is 18.6 Å². The highest BCUT2D eigenvalue weighted by molar-refractivity contribution is 5.80. The Morgan fingerprint density at radius 1 is 1.30 bits per heavy atom. The standard InChI is InChI=1S/C17H26N2O4/c1-7-12(10-18-16(21)23-17(4,5)6)13(8-2)19-11-14(19)15(20)22-9-3/h7-8,14H,1-2,9-11H2,3-6H3,(H,18,21)/b13-12-. The summed E-state index contributed by atoms with van der Waals surface area (Å²) >= 11 is 0. The first-order valence-electron chi connectivity index (χ1n) is 7.61. The topological polar surface area (TPSA) is 67.6 Å². The van der Waals surface area contributed by atoms with Gasteiger partial charge in [-0.25, -0.2) is 9.59 Å². The molecule has 128 valence electrons. The number of amides is 1. The molecule has 0 radical (unpaired) electrons. The van der Waals surface area contributed by atoms with Crippen LogP contribution < -0.4 is 5.32 Å². The van der Waals surface area contributed by atoms with Crippen LogP contribution in [-0.4, -0.2) is 48.3 Å². The molecular weight excluding hydrogens is 296 g/mol. The third-order valence-electron chi connectivity index (χ3n) is 3.07. The summed E-state index contributed by atoms with van der Waals surface area (Å²) in [5.74, 6) is -0.254. The van der Waals surface area contributed by atoms with Gasteiger partial charge in [0.25, 0.3) is 0 Å². The van der Waals surface area contributed by atoms with Gasteiger partial charge in [-0.05, 0) is 39.3 Å². The van der Waals surface area contributed by atoms with Gasteiger partial charge in [-0.15, -0.1) is 0 Å². The van der Waals surface area contributed by atoms with Gasteiger partial charge in [-0.2, -0.15) is 0 Å². The van der Waals surface area contributed by atoms with Crippen LogP contribution in [0.2, 0.25) is 0 Å². The maximum absolute atomic E-state index is 11.7. The van der Waals surface area contributed by atoms with E-state index in [4.69, 9.17) is 9.47 Å². The molecule has 0 aromatic heterocycles. The van der Waals surface area contributed by atoms with Crippen molar-refractivity contribution in [1.29, 1.82) is 0 Å². The van der Waals surface area contributed by atoms with Crippen LogP contribution in [0.15, 0.2) is 36.6 Å². The van der Waals surface area contributed by atoms with Gasteiger partial charge in [0.15, 0.2) is 0 Å². The summed E-state index contributed by atoms with van der Waals surface area (Å²) in [7, 11) is 0. The normalized spacial score (nSPS) is 17.7. The number of hydrogen-bond donors (Lipinski definition) is 1. The molecule has 0 aromatic rings. The Morgan fingerprint density at radius 3 is 2.43 bits per heavy atom. The lowest BCUT2D eigenvalue weighted by Crippen LogP contribution is -2.33. The van der Waals surface area contributed by atoms with Crippen molar-refractivity contribution in [3.63, 3.8) is 0 Å². The summed E-state index contributed by atoms with van der Waals surface area (Å²) in [4.78, 5) is 25.3. The number of rotatable bonds is 7. The fourth-order valence-corrected chi connectivity index (χ4v) is 2.03. The fourth-order valence-electron chi connectivity index (χ4n) is 2.03. The Morgan fingerprint density at radius 2 is 1.96 bits per heavy atom. The largest absolute Gasteiger partial charge is 0.464 e. The zero-order valence-corrected chi connectivity index (χ0v) is 14.3. The SMILES string of the molecule is C=C/C(CNC(=O)OC(C)(C)C)=C(\C=C)N1CC1C(=O)OCC. The minimum Gasteiger partial charge on any atom is -0.464 e. The van der Waals surface area contributed by atoms with Crippen LogP contribution in [0.3, 0.4) is 0 Å². The highest BCUT2D eigenvalue weighted by atomic mass is 16.6. The van der Waals surface area contributed by atoms with E-state index in [1.807, 2.05) is 4.90 Å². The van der Waals surface area contributed by atoms with Crippen LogP contribution in [0, 0.1) is 0 Å². The molecule has 0 aromatic carbocycles. The molecule has 1 amide bonds. The second-order valence-corrected chi connectivity index (χ2v) is 6.09. The molecular formula is C17H26N2O4. The minimum atomic E-state index is -0.557. The van der Waals surface area contributed by atoms with Gasteiger partial charge >= 0.3 is 12.1 Å². The molecule has 1 aliphatic rings. The smallest absolute Gasteiger partial charge is 0.407 e. The number of allylic oxidation sites excluding steroid dienone is 1. The molecule has 1 unspecified atom stereocenters. The number of carbonyl (C=O) groups excluding carboxylic acids is 2. The van der Waals surface area contributed by atoms with Crippen molar-refractivity contribution >= 4 is 12.1 Å². The van der Waals surface area contributed by atoms with Crippen molar-refractivity contribution in [3.05, 3.63) is 36.6 Å². The Labute approximate surface area is 137 Å². The predicted octanol–water partition coefficient (Wildman–Crippen LogP) is 2.38. The lowest BCUT2D eigenvalue weighted by molar-refractivity contribution is -0.143. The Kier molecular flexibility index (Phi) is 6.42. The molecule has 1 aliphatic heterocycles. The van der Waals surface area contributed by atoms with Gasteiger partial charge in [0.1, 0.15) is 11.6 Å². The zero-order chi connectivity index (χ0) is 17.6. The van der Waals surface area contributed by atoms with Gasteiger partial charge in [0.2, 0.25) is 0 Å². The second kappa shape index (κ2) is 7.85. The van der Waals surface area contributed by atoms with Crippen LogP contribution in [0.5, 0.6) is 0 Å². The Balaban J connectivity index is 2.71. The van der Waals surface area contributed by atoms with E-state index in [1.54, 1.807) is 39.8 Å². The van der Waals surface area contributed by atoms with E-state index >= 15 is 0 Å². The number of nitrogens with one attached hydrogen (secondary N) is 1. The summed E-state index contributed by atoms with van der Waals surface area (Å²) in [6.45, 7) is 15.9. The maximum atomic E-state index is 11.7. The Bertz CT molecular complexity index is 517. The minimum absolute atomic E-state index is 0.242. The third-order valence-corrected chi connectivity index (χ3v) is 3.07. The predicted molar refractivity (Wildman–Crippen MR) is 88.8 cm³/mol. The molecule has 1 N–H and O–H groups in total. The average molecular weight is 322 g/mol. The van der Waals surface area contributed by atoms with Crippen LogP contribution >= 0.6 is 0 Å². The third kappa shape index (κ3) is 5.81. The first-order chi connectivity index (χ1) is 10.7. The summed E-state index contributed by atoms with van der Waals surface area (Å²) in [5, 5.41) is 2.68. The van der Waals surface area contributed by atoms with Crippen molar-refractivity contribution in [1.82, 2.24) is 10.2 Å². The summed E-state index contributed by atoms with van der Waals surface area (Å²) in [6, 6.07) is -0.292. The summed E-state index contributed by atoms with van der Waals surface area (Å²) in [5.41, 5.74) is 0.963. The molecule has 0 spiro atoms. The molecule has 1 fully saturated rings. The summed E-state index contributed by atoms with van der Waals surface area (Å²) < 4.78 is 10.2. The van der Waals surface area contributed by atoms with Gasteiger partial charge in [-0.1, -0.05) is 19.2 Å². The summed E-state index contributed by atoms with van der Waals surface area (Å²) in [6.07, 6.45) is 2.77. The molecule has 23 heavy (non-hydrogen) atoms. The molecule has 1 rings (SSSR count). The van der Waals surface area contributed by atoms with Gasteiger partial charge in [-0.3, -0.25) is 0 Å². The molecule has 1 heterocycles. The highest BCUT2D eigenvalue weighted by Crippen LogP contribution is 2.28. The van der Waals surface area contributed by atoms with E-state index in [0.29, 0.717) is 13.2 Å². The van der Waals surface area contributed by atoms with E-state index in [2.05, 4.69) is 18.5 Å². The quantitative estimate of drug-likeness (QED) is 0.443. The van der Waals surface area contributed by atoms with Crippen molar-refractivity contribution in [2.24, 2.45) is 0 Å². The monoisotopic (exact) mass is 322 g/mol. The van der Waals surface area contributed by atoms with E-state index in [1.165, 1.54) is 0 Å². The van der Waals surface area contributed by atoms with Crippen LogP contribution in [0.25, 0.3) is 0 Å². The van der Waals surface area contributed by atoms with Crippen LogP contribution in [-0.2, 0) is 14.3 Å². The number of hydrogen-bond acceptors (Lipinski definition) is 5. The number of ether oxygens (including phenoxy) is 2. The molecule has 1 saturated heterocycles. The van der Waals surface area contributed by atoms with Gasteiger partial charge in [0.05, 0.1) is 13.2 Å². The zero-order valence-electron chi connectivity index (χ0n) is 14.3. The number of esters is 1. The number of nitrogens with zero attached hydrogens (tertiary/aromatic N) is 1. The first-order valence-corrected chi connectivity index (χ1v) is 7.61. The Hall–Kier alpha value is -2.24. The van der Waals surface area contributed by atoms with Gasteiger partial charge < -0.3 is 19.7 Å². The lowest BCUT2D eigenvalue weighted by atomic mass is 10.2. The van der Waals surface area contributed by atoms with Crippen LogP contribution in [0.1, 0.15) is 27.7 Å². The van der Waals surface area contributed by atoms with E-state index in [9.17, 15) is 9.59 Å². The second-order valence-electron chi connectivity index (χ2n) is 6.09. The first kappa shape index (κ1) is 18.8. The highest BCUT2D eigenvalue weighted by Gasteiger charge is 2.42. The fraction of sp³-hybridized carbons (Fsp3) is 0.529. The molecule has 0 saturated carbocycles. The average Bonchev–Trinajstić information content (AvgIpc) is 3.22. The lowest BCUT2D eigenvalue weighted by Gasteiger charge is -2.20. The van der Waals surface area contributed by atoms with Crippen molar-refractivity contribution in [3.8, 4) is 0 Å². The molecule has 0 aliphatic carbocycles. The van der Waals surface area contributed by atoms with Crippen molar-refractivity contribution < 1.29 is 19.1 Å². The molecule has 0 bridgehead atoms. The van der Waals surface area contributed by atoms with Crippen LogP contribution in [0.4, 0.5) is 4.79 Å². The van der Waals surface area contributed by atoms with E-state index < -0.39 is 11.7 Å². The molecule has 1 atom stereocenters. The van der Waals surface area contributed by atoms with Crippen molar-refractivity contribution in [2.45, 2.75) is 39.3 Å². The van der Waals surface area contributed by atoms with Crippen molar-refractivity contribution in [2.75, 3.05) is 19.7 Å². The van der Waals surface area contributed by atoms with E-state index in [0.717, 1.165) is 11.3 Å². The molecule has 6 nitrogen and oxygen atoms in total.